The van der Waals surface area contributed by atoms with Gasteiger partial charge in [0, 0.05) is 30.1 Å². The molecule has 2 heterocycles. The number of nitrogens with one attached hydrogen (secondary N) is 1. The Kier molecular flexibility index (Phi) is 3.60. The van der Waals surface area contributed by atoms with E-state index in [1.54, 1.807) is 4.90 Å². The van der Waals surface area contributed by atoms with Crippen LogP contribution in [0.25, 0.3) is 10.9 Å². The molecule has 1 unspecified atom stereocenters. The highest BCUT2D eigenvalue weighted by Gasteiger charge is 2.22. The molecule has 1 aliphatic heterocycles. The lowest BCUT2D eigenvalue weighted by Gasteiger charge is -2.26. The maximum Gasteiger partial charge on any atom is 0.213 e. The Labute approximate surface area is 123 Å². The molecule has 3 rings (SSSR count). The number of allylic oxidation sites excluding steroid dienone is 1. The molecule has 4 heteroatoms. The molecular formula is C17H18N2O2. The summed E-state index contributed by atoms with van der Waals surface area (Å²) in [5, 5.41) is 1.06. The average molecular weight is 282 g/mol. The molecule has 0 fully saturated rings. The van der Waals surface area contributed by atoms with Crippen molar-refractivity contribution >= 4 is 23.1 Å². The highest BCUT2D eigenvalue weighted by Crippen LogP contribution is 2.26. The number of hydrogen-bond acceptors (Lipinski definition) is 2. The summed E-state index contributed by atoms with van der Waals surface area (Å²) in [6, 6.07) is 9.80. The van der Waals surface area contributed by atoms with E-state index < -0.39 is 0 Å². The third kappa shape index (κ3) is 2.75. The molecule has 108 valence electrons. The first-order chi connectivity index (χ1) is 10.2. The van der Waals surface area contributed by atoms with Crippen molar-refractivity contribution in [1.29, 1.82) is 0 Å². The molecule has 1 aromatic heterocycles. The summed E-state index contributed by atoms with van der Waals surface area (Å²) in [5.41, 5.74) is 2.75. The minimum absolute atomic E-state index is 0.128. The number of hydrogen-bond donors (Lipinski definition) is 1. The summed E-state index contributed by atoms with van der Waals surface area (Å²) in [5.74, 6) is 0.351. The fraction of sp³-hybridized carbons (Fsp3) is 0.294. The first-order valence-corrected chi connectivity index (χ1v) is 7.17. The number of carbonyl (C=O) groups excluding carboxylic acids is 2. The zero-order valence-corrected chi connectivity index (χ0v) is 12.0. The number of aromatic amines is 1. The van der Waals surface area contributed by atoms with Crippen molar-refractivity contribution < 1.29 is 9.59 Å². The van der Waals surface area contributed by atoms with Crippen LogP contribution in [0, 0.1) is 5.92 Å². The number of para-hydroxylation sites is 1. The number of aromatic nitrogens is 1. The minimum Gasteiger partial charge on any atom is -0.352 e. The van der Waals surface area contributed by atoms with E-state index in [2.05, 4.69) is 4.98 Å². The smallest absolute Gasteiger partial charge is 0.213 e. The van der Waals surface area contributed by atoms with Crippen molar-refractivity contribution in [1.82, 2.24) is 9.88 Å². The minimum atomic E-state index is 0.128. The normalized spacial score (nSPS) is 18.6. The number of ketones is 1. The molecule has 0 saturated heterocycles. The quantitative estimate of drug-likeness (QED) is 0.692. The number of benzene rings is 1. The monoisotopic (exact) mass is 282 g/mol. The molecule has 1 N–H and O–H groups in total. The first kappa shape index (κ1) is 13.6. The Morgan fingerprint density at radius 3 is 2.95 bits per heavy atom. The molecule has 0 bridgehead atoms. The van der Waals surface area contributed by atoms with Gasteiger partial charge in [-0.1, -0.05) is 23.8 Å². The van der Waals surface area contributed by atoms with Crippen LogP contribution in [-0.2, 0) is 4.79 Å². The zero-order chi connectivity index (χ0) is 14.8. The zero-order valence-electron chi connectivity index (χ0n) is 12.0. The van der Waals surface area contributed by atoms with E-state index in [9.17, 15) is 9.59 Å². The number of rotatable bonds is 4. The van der Waals surface area contributed by atoms with E-state index in [0.29, 0.717) is 18.7 Å². The summed E-state index contributed by atoms with van der Waals surface area (Å²) < 4.78 is 0. The van der Waals surface area contributed by atoms with E-state index in [-0.39, 0.29) is 11.7 Å². The van der Waals surface area contributed by atoms with Gasteiger partial charge in [0.05, 0.1) is 5.69 Å². The highest BCUT2D eigenvalue weighted by molar-refractivity contribution is 5.99. The molecule has 1 atom stereocenters. The van der Waals surface area contributed by atoms with Gasteiger partial charge in [0.2, 0.25) is 6.41 Å². The standard InChI is InChI=1S/C17H18N2O2/c1-12-10-19(11-20)7-6-13(12)9-17(21)16-8-14-4-2-3-5-15(14)18-16/h2-5,8,10-11,13,18H,6-7,9H2,1H3. The lowest BCUT2D eigenvalue weighted by molar-refractivity contribution is -0.116. The Hall–Kier alpha value is -2.36. The van der Waals surface area contributed by atoms with Crippen LogP contribution in [-0.4, -0.2) is 28.6 Å². The topological polar surface area (TPSA) is 53.2 Å². The molecule has 0 radical (unpaired) electrons. The molecule has 1 amide bonds. The number of nitrogens with zero attached hydrogens (tertiary/aromatic N) is 1. The highest BCUT2D eigenvalue weighted by atomic mass is 16.1. The molecule has 2 aromatic rings. The molecule has 0 saturated carbocycles. The summed E-state index contributed by atoms with van der Waals surface area (Å²) in [6.07, 6.45) is 4.01. The molecule has 0 spiro atoms. The second-order valence-corrected chi connectivity index (χ2v) is 5.60. The van der Waals surface area contributed by atoms with E-state index in [1.807, 2.05) is 43.5 Å². The van der Waals surface area contributed by atoms with Crippen molar-refractivity contribution in [3.8, 4) is 0 Å². The van der Waals surface area contributed by atoms with E-state index in [4.69, 9.17) is 0 Å². The SMILES string of the molecule is CC1=CN(C=O)CCC1CC(=O)c1cc2ccccc2[nH]1. The maximum absolute atomic E-state index is 12.4. The fourth-order valence-electron chi connectivity index (χ4n) is 2.87. The van der Waals surface area contributed by atoms with Crippen LogP contribution in [0.5, 0.6) is 0 Å². The number of Topliss-reactive ketones (excluding diaryl/α,β-unsaturated/α-hetero) is 1. The summed E-state index contributed by atoms with van der Waals surface area (Å²) >= 11 is 0. The van der Waals surface area contributed by atoms with Crippen molar-refractivity contribution in [2.24, 2.45) is 5.92 Å². The van der Waals surface area contributed by atoms with Crippen LogP contribution >= 0.6 is 0 Å². The van der Waals surface area contributed by atoms with Gasteiger partial charge in [-0.05, 0) is 31.4 Å². The summed E-state index contributed by atoms with van der Waals surface area (Å²) in [7, 11) is 0. The Bertz CT molecular complexity index is 681. The Morgan fingerprint density at radius 1 is 1.43 bits per heavy atom. The van der Waals surface area contributed by atoms with Gasteiger partial charge in [0.1, 0.15) is 0 Å². The van der Waals surface area contributed by atoms with Gasteiger partial charge in [-0.15, -0.1) is 0 Å². The largest absolute Gasteiger partial charge is 0.352 e. The van der Waals surface area contributed by atoms with Crippen LogP contribution in [0.2, 0.25) is 0 Å². The van der Waals surface area contributed by atoms with E-state index >= 15 is 0 Å². The Morgan fingerprint density at radius 2 is 2.24 bits per heavy atom. The van der Waals surface area contributed by atoms with Gasteiger partial charge in [-0.3, -0.25) is 9.59 Å². The van der Waals surface area contributed by atoms with Crippen LogP contribution in [0.4, 0.5) is 0 Å². The second-order valence-electron chi connectivity index (χ2n) is 5.60. The van der Waals surface area contributed by atoms with Crippen LogP contribution in [0.3, 0.4) is 0 Å². The van der Waals surface area contributed by atoms with Gasteiger partial charge in [-0.25, -0.2) is 0 Å². The third-order valence-electron chi connectivity index (χ3n) is 4.15. The molecule has 21 heavy (non-hydrogen) atoms. The molecule has 4 nitrogen and oxygen atoms in total. The first-order valence-electron chi connectivity index (χ1n) is 7.17. The van der Waals surface area contributed by atoms with Crippen LogP contribution in [0.15, 0.2) is 42.1 Å². The van der Waals surface area contributed by atoms with Gasteiger partial charge in [0.25, 0.3) is 0 Å². The molecule has 1 aliphatic rings. The predicted octanol–water partition coefficient (Wildman–Crippen LogP) is 3.12. The maximum atomic E-state index is 12.4. The van der Waals surface area contributed by atoms with E-state index in [1.165, 1.54) is 0 Å². The molecule has 0 aliphatic carbocycles. The summed E-state index contributed by atoms with van der Waals surface area (Å²) in [4.78, 5) is 28.0. The van der Waals surface area contributed by atoms with Crippen molar-refractivity contribution in [2.75, 3.05) is 6.54 Å². The van der Waals surface area contributed by atoms with Crippen molar-refractivity contribution in [3.05, 3.63) is 47.8 Å². The lowest BCUT2D eigenvalue weighted by atomic mass is 9.89. The number of H-pyrrole nitrogens is 1. The van der Waals surface area contributed by atoms with Crippen molar-refractivity contribution in [3.63, 3.8) is 0 Å². The molecular weight excluding hydrogens is 264 g/mol. The van der Waals surface area contributed by atoms with Gasteiger partial charge in [0.15, 0.2) is 5.78 Å². The second kappa shape index (κ2) is 5.56. The number of fused-ring (bicyclic) bond motifs is 1. The Balaban J connectivity index is 1.76. The predicted molar refractivity (Wildman–Crippen MR) is 81.9 cm³/mol. The lowest BCUT2D eigenvalue weighted by Crippen LogP contribution is -2.26. The van der Waals surface area contributed by atoms with Gasteiger partial charge in [-0.2, -0.15) is 0 Å². The summed E-state index contributed by atoms with van der Waals surface area (Å²) in [6.45, 7) is 2.67. The fourth-order valence-corrected chi connectivity index (χ4v) is 2.87. The van der Waals surface area contributed by atoms with Crippen molar-refractivity contribution in [2.45, 2.75) is 19.8 Å². The van der Waals surface area contributed by atoms with Gasteiger partial charge < -0.3 is 9.88 Å². The van der Waals surface area contributed by atoms with E-state index in [0.717, 1.165) is 29.3 Å². The number of carbonyl (C=O) groups is 2. The average Bonchev–Trinajstić information content (AvgIpc) is 2.93. The van der Waals surface area contributed by atoms with Crippen LogP contribution in [0.1, 0.15) is 30.3 Å². The molecule has 1 aromatic carbocycles. The van der Waals surface area contributed by atoms with Gasteiger partial charge >= 0.3 is 0 Å². The van der Waals surface area contributed by atoms with Crippen LogP contribution < -0.4 is 0 Å². The third-order valence-corrected chi connectivity index (χ3v) is 4.15. The number of amides is 1.